The number of aliphatic hydroxyl groups excluding tert-OH is 1. The van der Waals surface area contributed by atoms with E-state index in [1.54, 1.807) is 0 Å². The zero-order valence-corrected chi connectivity index (χ0v) is 10.2. The molecule has 1 fully saturated rings. The highest BCUT2D eigenvalue weighted by Crippen LogP contribution is 2.24. The van der Waals surface area contributed by atoms with Crippen molar-refractivity contribution in [3.8, 4) is 0 Å². The number of nitrogens with one attached hydrogen (secondary N) is 1. The van der Waals surface area contributed by atoms with E-state index in [2.05, 4.69) is 5.32 Å². The van der Waals surface area contributed by atoms with Crippen LogP contribution in [0.2, 0.25) is 0 Å². The maximum Gasteiger partial charge on any atom is 0.128 e. The Balaban J connectivity index is 2.23. The lowest BCUT2D eigenvalue weighted by molar-refractivity contribution is 0.126. The van der Waals surface area contributed by atoms with Gasteiger partial charge < -0.3 is 10.4 Å². The van der Waals surface area contributed by atoms with E-state index in [0.29, 0.717) is 0 Å². The van der Waals surface area contributed by atoms with Crippen molar-refractivity contribution in [2.24, 2.45) is 0 Å². The van der Waals surface area contributed by atoms with E-state index in [9.17, 15) is 13.9 Å². The van der Waals surface area contributed by atoms with Crippen LogP contribution in [0.15, 0.2) is 18.2 Å². The van der Waals surface area contributed by atoms with E-state index in [1.807, 2.05) is 4.90 Å². The first-order valence-corrected chi connectivity index (χ1v) is 6.23. The molecule has 0 aromatic heterocycles. The van der Waals surface area contributed by atoms with Crippen LogP contribution in [-0.2, 0) is 0 Å². The molecule has 0 spiro atoms. The van der Waals surface area contributed by atoms with Crippen molar-refractivity contribution in [3.05, 3.63) is 35.4 Å². The maximum atomic E-state index is 13.7. The molecule has 1 heterocycles. The van der Waals surface area contributed by atoms with Gasteiger partial charge in [0, 0.05) is 25.2 Å². The van der Waals surface area contributed by atoms with Crippen molar-refractivity contribution >= 4 is 0 Å². The fourth-order valence-corrected chi connectivity index (χ4v) is 2.36. The van der Waals surface area contributed by atoms with Crippen molar-refractivity contribution < 1.29 is 13.9 Å². The summed E-state index contributed by atoms with van der Waals surface area (Å²) in [6.45, 7) is 3.00. The zero-order chi connectivity index (χ0) is 13.0. The van der Waals surface area contributed by atoms with Crippen LogP contribution in [0.4, 0.5) is 8.78 Å². The Hall–Kier alpha value is -1.04. The minimum absolute atomic E-state index is 0.208. The summed E-state index contributed by atoms with van der Waals surface area (Å²) >= 11 is 0. The number of hydrogen-bond acceptors (Lipinski definition) is 3. The van der Waals surface area contributed by atoms with Crippen molar-refractivity contribution in [3.63, 3.8) is 0 Å². The molecule has 2 rings (SSSR count). The molecule has 1 aliphatic heterocycles. The third kappa shape index (κ3) is 3.04. The number of rotatable bonds is 3. The molecule has 1 aromatic carbocycles. The van der Waals surface area contributed by atoms with Gasteiger partial charge in [0.15, 0.2) is 0 Å². The number of halogens is 2. The lowest BCUT2D eigenvalue weighted by Crippen LogP contribution is -2.34. The van der Waals surface area contributed by atoms with Gasteiger partial charge in [-0.1, -0.05) is 0 Å². The van der Waals surface area contributed by atoms with E-state index >= 15 is 0 Å². The summed E-state index contributed by atoms with van der Waals surface area (Å²) in [5, 5.41) is 12.7. The molecule has 1 aromatic rings. The Bertz CT molecular complexity index is 393. The molecule has 1 aliphatic rings. The van der Waals surface area contributed by atoms with Gasteiger partial charge in [0.1, 0.15) is 11.6 Å². The van der Waals surface area contributed by atoms with Crippen molar-refractivity contribution in [1.82, 2.24) is 10.2 Å². The van der Waals surface area contributed by atoms with E-state index < -0.39 is 17.7 Å². The number of benzene rings is 1. The fourth-order valence-electron chi connectivity index (χ4n) is 2.36. The molecule has 0 amide bonds. The summed E-state index contributed by atoms with van der Waals surface area (Å²) < 4.78 is 27.0. The monoisotopic (exact) mass is 256 g/mol. The molecule has 1 saturated heterocycles. The largest absolute Gasteiger partial charge is 0.394 e. The zero-order valence-electron chi connectivity index (χ0n) is 10.2. The summed E-state index contributed by atoms with van der Waals surface area (Å²) in [7, 11) is 0. The predicted molar refractivity (Wildman–Crippen MR) is 65.2 cm³/mol. The lowest BCUT2D eigenvalue weighted by atomic mass is 10.0. The predicted octanol–water partition coefficient (Wildman–Crippen LogP) is 1.29. The van der Waals surface area contributed by atoms with Gasteiger partial charge in [0.2, 0.25) is 0 Å². The van der Waals surface area contributed by atoms with Crippen LogP contribution in [0.1, 0.15) is 18.0 Å². The fraction of sp³-hybridized carbons (Fsp3) is 0.538. The van der Waals surface area contributed by atoms with Crippen LogP contribution in [0.5, 0.6) is 0 Å². The quantitative estimate of drug-likeness (QED) is 0.855. The Kier molecular flexibility index (Phi) is 4.63. The second-order valence-electron chi connectivity index (χ2n) is 4.50. The molecule has 0 bridgehead atoms. The lowest BCUT2D eigenvalue weighted by Gasteiger charge is -2.29. The van der Waals surface area contributed by atoms with Crippen molar-refractivity contribution in [2.75, 3.05) is 32.8 Å². The molecule has 1 atom stereocenters. The molecule has 0 radical (unpaired) electrons. The average Bonchev–Trinajstić information content (AvgIpc) is 2.64. The van der Waals surface area contributed by atoms with Crippen LogP contribution >= 0.6 is 0 Å². The minimum atomic E-state index is -0.474. The third-order valence-corrected chi connectivity index (χ3v) is 3.31. The highest BCUT2D eigenvalue weighted by Gasteiger charge is 2.23. The number of nitrogens with zero attached hydrogens (tertiary/aromatic N) is 1. The second kappa shape index (κ2) is 6.22. The average molecular weight is 256 g/mol. The molecule has 3 nitrogen and oxygen atoms in total. The third-order valence-electron chi connectivity index (χ3n) is 3.31. The summed E-state index contributed by atoms with van der Waals surface area (Å²) in [6, 6.07) is 2.91. The topological polar surface area (TPSA) is 35.5 Å². The first kappa shape index (κ1) is 13.4. The summed E-state index contributed by atoms with van der Waals surface area (Å²) in [5.74, 6) is -0.939. The molecule has 18 heavy (non-hydrogen) atoms. The normalized spacial score (nSPS) is 19.5. The summed E-state index contributed by atoms with van der Waals surface area (Å²) in [5.41, 5.74) is 0.236. The first-order valence-electron chi connectivity index (χ1n) is 6.23. The molecule has 5 heteroatoms. The molecule has 100 valence electrons. The Labute approximate surface area is 105 Å². The Morgan fingerprint density at radius 2 is 2.11 bits per heavy atom. The smallest absolute Gasteiger partial charge is 0.128 e. The number of hydrogen-bond donors (Lipinski definition) is 2. The van der Waals surface area contributed by atoms with Gasteiger partial charge in [-0.3, -0.25) is 4.90 Å². The SMILES string of the molecule is OCC(c1cc(F)ccc1F)N1CCCNCC1. The summed E-state index contributed by atoms with van der Waals surface area (Å²) in [6.07, 6.45) is 0.938. The molecular formula is C13H18F2N2O. The molecule has 1 unspecified atom stereocenters. The molecular weight excluding hydrogens is 238 g/mol. The van der Waals surface area contributed by atoms with E-state index in [0.717, 1.165) is 44.7 Å². The van der Waals surface area contributed by atoms with Gasteiger partial charge >= 0.3 is 0 Å². The molecule has 2 N–H and O–H groups in total. The van der Waals surface area contributed by atoms with Gasteiger partial charge in [0.05, 0.1) is 12.6 Å². The van der Waals surface area contributed by atoms with Gasteiger partial charge in [-0.2, -0.15) is 0 Å². The highest BCUT2D eigenvalue weighted by molar-refractivity contribution is 5.22. The van der Waals surface area contributed by atoms with Gasteiger partial charge in [-0.05, 0) is 31.2 Å². The van der Waals surface area contributed by atoms with Gasteiger partial charge in [0.25, 0.3) is 0 Å². The van der Waals surface area contributed by atoms with Crippen LogP contribution in [0, 0.1) is 11.6 Å². The van der Waals surface area contributed by atoms with Crippen LogP contribution < -0.4 is 5.32 Å². The minimum Gasteiger partial charge on any atom is -0.394 e. The van der Waals surface area contributed by atoms with Crippen molar-refractivity contribution in [2.45, 2.75) is 12.5 Å². The van der Waals surface area contributed by atoms with Crippen LogP contribution in [0.25, 0.3) is 0 Å². The van der Waals surface area contributed by atoms with E-state index in [4.69, 9.17) is 0 Å². The van der Waals surface area contributed by atoms with E-state index in [-0.39, 0.29) is 12.2 Å². The Morgan fingerprint density at radius 3 is 2.89 bits per heavy atom. The van der Waals surface area contributed by atoms with Crippen molar-refractivity contribution in [1.29, 1.82) is 0 Å². The van der Waals surface area contributed by atoms with Gasteiger partial charge in [-0.25, -0.2) is 8.78 Å². The first-order chi connectivity index (χ1) is 8.72. The second-order valence-corrected chi connectivity index (χ2v) is 4.50. The van der Waals surface area contributed by atoms with E-state index in [1.165, 1.54) is 6.07 Å². The van der Waals surface area contributed by atoms with Gasteiger partial charge in [-0.15, -0.1) is 0 Å². The van der Waals surface area contributed by atoms with Crippen LogP contribution in [-0.4, -0.2) is 42.8 Å². The number of aliphatic hydroxyl groups is 1. The van der Waals surface area contributed by atoms with Crippen LogP contribution in [0.3, 0.4) is 0 Å². The molecule has 0 aliphatic carbocycles. The Morgan fingerprint density at radius 1 is 1.28 bits per heavy atom. The molecule has 0 saturated carbocycles. The maximum absolute atomic E-state index is 13.7. The standard InChI is InChI=1S/C13H18F2N2O/c14-10-2-3-12(15)11(8-10)13(9-18)17-6-1-4-16-5-7-17/h2-3,8,13,16,18H,1,4-7,9H2. The highest BCUT2D eigenvalue weighted by atomic mass is 19.1. The summed E-state index contributed by atoms with van der Waals surface area (Å²) in [4.78, 5) is 2.00.